The zero-order valence-corrected chi connectivity index (χ0v) is 14.2. The highest BCUT2D eigenvalue weighted by Crippen LogP contribution is 2.34. The summed E-state index contributed by atoms with van der Waals surface area (Å²) in [6.45, 7) is 4.53. The fourth-order valence-electron chi connectivity index (χ4n) is 1.65. The number of aromatic nitrogens is 2. The highest BCUT2D eigenvalue weighted by atomic mass is 32.1. The molecule has 0 fully saturated rings. The molecule has 0 unspecified atom stereocenters. The third-order valence-electron chi connectivity index (χ3n) is 2.64. The van der Waals surface area contributed by atoms with E-state index < -0.39 is 0 Å². The topological polar surface area (TPSA) is 82.4 Å². The lowest BCUT2D eigenvalue weighted by Crippen LogP contribution is -2.01. The molecule has 8 heteroatoms. The van der Waals surface area contributed by atoms with Gasteiger partial charge in [0.2, 0.25) is 0 Å². The second kappa shape index (κ2) is 8.62. The zero-order valence-electron chi connectivity index (χ0n) is 12.5. The van der Waals surface area contributed by atoms with Gasteiger partial charge in [-0.15, -0.1) is 11.3 Å². The number of hydrogen-bond acceptors (Lipinski definition) is 8. The average Bonchev–Trinajstić information content (AvgIpc) is 3.10. The van der Waals surface area contributed by atoms with Crippen molar-refractivity contribution in [3.05, 3.63) is 23.3 Å². The summed E-state index contributed by atoms with van der Waals surface area (Å²) in [6, 6.07) is 0. The fourth-order valence-corrected chi connectivity index (χ4v) is 3.35. The molecule has 22 heavy (non-hydrogen) atoms. The van der Waals surface area contributed by atoms with E-state index in [1.54, 1.807) is 17.5 Å². The van der Waals surface area contributed by atoms with Gasteiger partial charge in [0.25, 0.3) is 0 Å². The number of nitrogens with one attached hydrogen (secondary N) is 2. The van der Waals surface area contributed by atoms with Gasteiger partial charge in [0.05, 0.1) is 22.8 Å². The maximum atomic E-state index is 8.88. The molecule has 0 aliphatic carbocycles. The lowest BCUT2D eigenvalue weighted by molar-refractivity contribution is 0.325. The van der Waals surface area contributed by atoms with Crippen molar-refractivity contribution in [3.8, 4) is 10.6 Å². The molecule has 0 radical (unpaired) electrons. The van der Waals surface area contributed by atoms with E-state index in [4.69, 9.17) is 5.11 Å². The minimum Gasteiger partial charge on any atom is -0.377 e. The second-order valence-corrected chi connectivity index (χ2v) is 6.17. The molecule has 0 saturated carbocycles. The Balaban J connectivity index is 1.96. The summed E-state index contributed by atoms with van der Waals surface area (Å²) >= 11 is 3.04. The summed E-state index contributed by atoms with van der Waals surface area (Å²) in [6.07, 6.45) is 6.60. The van der Waals surface area contributed by atoms with Crippen molar-refractivity contribution < 1.29 is 5.11 Å². The van der Waals surface area contributed by atoms with Crippen LogP contribution in [0.3, 0.4) is 0 Å². The predicted molar refractivity (Wildman–Crippen MR) is 95.1 cm³/mol. The molecule has 2 heterocycles. The molecule has 0 aliphatic heterocycles. The van der Waals surface area contributed by atoms with E-state index in [2.05, 4.69) is 32.5 Å². The van der Waals surface area contributed by atoms with Crippen LogP contribution in [0.1, 0.15) is 19.0 Å². The van der Waals surface area contributed by atoms with Gasteiger partial charge >= 0.3 is 0 Å². The Bertz CT molecular complexity index is 647. The first-order chi connectivity index (χ1) is 10.7. The SMILES string of the molecule is CC/C=C\N=CCNc1nc(-c2sc(NCO)nc2C)cs1. The number of rotatable bonds is 8. The van der Waals surface area contributed by atoms with Crippen LogP contribution in [0, 0.1) is 6.92 Å². The Hall–Kier alpha value is -1.77. The maximum absolute atomic E-state index is 8.88. The Morgan fingerprint density at radius 2 is 2.18 bits per heavy atom. The van der Waals surface area contributed by atoms with Gasteiger partial charge in [-0.1, -0.05) is 24.3 Å². The van der Waals surface area contributed by atoms with Gasteiger partial charge in [0, 0.05) is 17.8 Å². The number of nitrogens with zero attached hydrogens (tertiary/aromatic N) is 3. The first-order valence-electron chi connectivity index (χ1n) is 6.93. The van der Waals surface area contributed by atoms with Crippen LogP contribution < -0.4 is 10.6 Å². The van der Waals surface area contributed by atoms with Crippen molar-refractivity contribution in [2.75, 3.05) is 23.9 Å². The fraction of sp³-hybridized carbons (Fsp3) is 0.357. The quantitative estimate of drug-likeness (QED) is 0.508. The molecule has 0 atom stereocenters. The number of allylic oxidation sites excluding steroid dienone is 1. The van der Waals surface area contributed by atoms with Crippen LogP contribution in [-0.4, -0.2) is 34.6 Å². The number of hydrogen-bond donors (Lipinski definition) is 3. The van der Waals surface area contributed by atoms with Crippen LogP contribution >= 0.6 is 22.7 Å². The second-order valence-electron chi connectivity index (χ2n) is 4.31. The molecule has 0 bridgehead atoms. The van der Waals surface area contributed by atoms with Gasteiger partial charge in [0.1, 0.15) is 6.73 Å². The van der Waals surface area contributed by atoms with Crippen LogP contribution in [0.25, 0.3) is 10.6 Å². The molecule has 118 valence electrons. The Morgan fingerprint density at radius 3 is 2.95 bits per heavy atom. The monoisotopic (exact) mass is 337 g/mol. The lowest BCUT2D eigenvalue weighted by Gasteiger charge is -1.95. The lowest BCUT2D eigenvalue weighted by atomic mass is 10.3. The van der Waals surface area contributed by atoms with E-state index in [1.165, 1.54) is 11.3 Å². The molecule has 6 nitrogen and oxygen atoms in total. The summed E-state index contributed by atoms with van der Waals surface area (Å²) in [7, 11) is 0. The number of anilines is 2. The zero-order chi connectivity index (χ0) is 15.8. The molecule has 0 aliphatic rings. The molecule has 0 amide bonds. The highest BCUT2D eigenvalue weighted by Gasteiger charge is 2.12. The van der Waals surface area contributed by atoms with E-state index in [1.807, 2.05) is 24.6 Å². The van der Waals surface area contributed by atoms with Crippen molar-refractivity contribution in [2.24, 2.45) is 4.99 Å². The molecule has 0 saturated heterocycles. The van der Waals surface area contributed by atoms with Crippen LogP contribution in [-0.2, 0) is 0 Å². The van der Waals surface area contributed by atoms with Crippen molar-refractivity contribution in [1.29, 1.82) is 0 Å². The minimum absolute atomic E-state index is 0.123. The normalized spacial score (nSPS) is 11.6. The van der Waals surface area contributed by atoms with Gasteiger partial charge < -0.3 is 15.7 Å². The smallest absolute Gasteiger partial charge is 0.185 e. The van der Waals surface area contributed by atoms with E-state index in [9.17, 15) is 0 Å². The van der Waals surface area contributed by atoms with Crippen molar-refractivity contribution in [1.82, 2.24) is 9.97 Å². The molecule has 2 aromatic heterocycles. The van der Waals surface area contributed by atoms with E-state index >= 15 is 0 Å². The maximum Gasteiger partial charge on any atom is 0.185 e. The average molecular weight is 337 g/mol. The summed E-state index contributed by atoms with van der Waals surface area (Å²) in [5, 5.41) is 18.5. The molecular weight excluding hydrogens is 318 g/mol. The van der Waals surface area contributed by atoms with Crippen molar-refractivity contribution in [2.45, 2.75) is 20.3 Å². The summed E-state index contributed by atoms with van der Waals surface area (Å²) in [5.74, 6) is 0. The van der Waals surface area contributed by atoms with Gasteiger partial charge in [0.15, 0.2) is 10.3 Å². The number of aliphatic imine (C=N–C) groups is 1. The first-order valence-corrected chi connectivity index (χ1v) is 8.62. The van der Waals surface area contributed by atoms with E-state index in [0.717, 1.165) is 27.8 Å². The van der Waals surface area contributed by atoms with E-state index in [0.29, 0.717) is 11.7 Å². The van der Waals surface area contributed by atoms with Gasteiger partial charge in [-0.2, -0.15) is 0 Å². The van der Waals surface area contributed by atoms with Crippen LogP contribution in [0.2, 0.25) is 0 Å². The van der Waals surface area contributed by atoms with Crippen molar-refractivity contribution in [3.63, 3.8) is 0 Å². The molecule has 0 aromatic carbocycles. The number of aliphatic hydroxyl groups is 1. The molecule has 2 aromatic rings. The largest absolute Gasteiger partial charge is 0.377 e. The van der Waals surface area contributed by atoms with Crippen LogP contribution in [0.5, 0.6) is 0 Å². The highest BCUT2D eigenvalue weighted by molar-refractivity contribution is 7.19. The Morgan fingerprint density at radius 1 is 1.32 bits per heavy atom. The Labute approximate surface area is 137 Å². The number of aliphatic hydroxyl groups excluding tert-OH is 1. The standard InChI is InChI=1S/C14H19N5OS2/c1-3-4-5-15-6-7-16-13-19-11(8-21-13)12-10(2)18-14(22-12)17-9-20/h4-6,8,20H,3,7,9H2,1-2H3,(H,16,19)(H,17,18)/b5-4-,15-6?. The third kappa shape index (κ3) is 4.62. The van der Waals surface area contributed by atoms with Gasteiger partial charge in [-0.05, 0) is 13.3 Å². The molecule has 0 spiro atoms. The van der Waals surface area contributed by atoms with Gasteiger partial charge in [-0.3, -0.25) is 4.99 Å². The summed E-state index contributed by atoms with van der Waals surface area (Å²) < 4.78 is 0. The van der Waals surface area contributed by atoms with Crippen molar-refractivity contribution >= 4 is 39.2 Å². The predicted octanol–water partition coefficient (Wildman–Crippen LogP) is 3.34. The van der Waals surface area contributed by atoms with Gasteiger partial charge in [-0.25, -0.2) is 9.97 Å². The molecular formula is C14H19N5OS2. The van der Waals surface area contributed by atoms with E-state index in [-0.39, 0.29) is 6.73 Å². The number of thiazole rings is 2. The first kappa shape index (κ1) is 16.6. The molecule has 3 N–H and O–H groups in total. The summed E-state index contributed by atoms with van der Waals surface area (Å²) in [5.41, 5.74) is 1.81. The number of aryl methyl sites for hydroxylation is 1. The van der Waals surface area contributed by atoms with Crippen LogP contribution in [0.4, 0.5) is 10.3 Å². The molecule has 2 rings (SSSR count). The van der Waals surface area contributed by atoms with Crippen LogP contribution in [0.15, 0.2) is 22.6 Å². The third-order valence-corrected chi connectivity index (χ3v) is 4.58. The summed E-state index contributed by atoms with van der Waals surface area (Å²) in [4.78, 5) is 14.1. The Kier molecular flexibility index (Phi) is 6.50. The minimum atomic E-state index is -0.123.